The summed E-state index contributed by atoms with van der Waals surface area (Å²) >= 11 is 5.98. The first-order valence-corrected chi connectivity index (χ1v) is 9.32. The second-order valence-corrected chi connectivity index (χ2v) is 7.08. The Labute approximate surface area is 170 Å². The smallest absolute Gasteiger partial charge is 0.280 e. The van der Waals surface area contributed by atoms with Crippen LogP contribution in [0.1, 0.15) is 5.69 Å². The first kappa shape index (κ1) is 17.4. The highest BCUT2D eigenvalue weighted by atomic mass is 35.5. The minimum Gasteiger partial charge on any atom is -0.290 e. The van der Waals surface area contributed by atoms with Gasteiger partial charge in [-0.3, -0.25) is 20.0 Å². The Balaban J connectivity index is 1.68. The molecule has 0 atom stereocenters. The number of hydrogen-bond donors (Lipinski definition) is 2. The Kier molecular flexibility index (Phi) is 4.03. The van der Waals surface area contributed by atoms with Crippen LogP contribution >= 0.6 is 11.6 Å². The highest BCUT2D eigenvalue weighted by Gasteiger charge is 2.16. The van der Waals surface area contributed by atoms with Gasteiger partial charge in [-0.25, -0.2) is 9.67 Å². The fourth-order valence-corrected chi connectivity index (χ4v) is 3.56. The molecule has 142 valence electrons. The van der Waals surface area contributed by atoms with E-state index in [2.05, 4.69) is 25.3 Å². The SMILES string of the molecule is Cc1ncc2c(=O)n(-c3ccc(Cl)cc3)[nH]c2c1-c1ccc(-c2ncn[nH]2)cc1. The molecule has 3 heterocycles. The van der Waals surface area contributed by atoms with Gasteiger partial charge in [0.25, 0.3) is 5.56 Å². The van der Waals surface area contributed by atoms with E-state index >= 15 is 0 Å². The lowest BCUT2D eigenvalue weighted by Crippen LogP contribution is -2.14. The average molecular weight is 403 g/mol. The standard InChI is InChI=1S/C21H15ClN6O/c1-12-18(13-2-4-14(5-3-13)20-24-11-25-26-20)19-17(10-23-12)21(29)28(27-19)16-8-6-15(22)7-9-16/h2-11,27H,1H3,(H,24,25,26). The van der Waals surface area contributed by atoms with Crippen LogP contribution in [0.2, 0.25) is 5.02 Å². The molecule has 0 bridgehead atoms. The Hall–Kier alpha value is -3.71. The van der Waals surface area contributed by atoms with Crippen molar-refractivity contribution in [3.8, 4) is 28.2 Å². The van der Waals surface area contributed by atoms with Gasteiger partial charge in [-0.05, 0) is 36.8 Å². The number of halogens is 1. The molecular weight excluding hydrogens is 388 g/mol. The largest absolute Gasteiger partial charge is 0.290 e. The lowest BCUT2D eigenvalue weighted by molar-refractivity contribution is 0.864. The molecule has 5 aromatic rings. The van der Waals surface area contributed by atoms with Crippen LogP contribution in [0.15, 0.2) is 65.8 Å². The molecule has 3 aromatic heterocycles. The summed E-state index contributed by atoms with van der Waals surface area (Å²) in [6.07, 6.45) is 3.09. The van der Waals surface area contributed by atoms with Gasteiger partial charge in [0.1, 0.15) is 6.33 Å². The molecule has 29 heavy (non-hydrogen) atoms. The summed E-state index contributed by atoms with van der Waals surface area (Å²) in [4.78, 5) is 21.6. The van der Waals surface area contributed by atoms with E-state index in [1.54, 1.807) is 30.5 Å². The summed E-state index contributed by atoms with van der Waals surface area (Å²) < 4.78 is 1.51. The fraction of sp³-hybridized carbons (Fsp3) is 0.0476. The van der Waals surface area contributed by atoms with Gasteiger partial charge < -0.3 is 0 Å². The minimum absolute atomic E-state index is 0.158. The van der Waals surface area contributed by atoms with E-state index in [9.17, 15) is 4.79 Å². The number of nitrogens with one attached hydrogen (secondary N) is 2. The molecule has 7 nitrogen and oxygen atoms in total. The number of aromatic amines is 2. The Morgan fingerprint density at radius 1 is 0.966 bits per heavy atom. The summed E-state index contributed by atoms with van der Waals surface area (Å²) in [6.45, 7) is 1.93. The summed E-state index contributed by atoms with van der Waals surface area (Å²) in [5.74, 6) is 0.701. The predicted octanol–water partition coefficient (Wildman–Crippen LogP) is 4.13. The van der Waals surface area contributed by atoms with Crippen LogP contribution in [-0.4, -0.2) is 29.9 Å². The normalized spacial score (nSPS) is 11.2. The summed E-state index contributed by atoms with van der Waals surface area (Å²) in [5, 5.41) is 11.1. The molecule has 0 saturated heterocycles. The van der Waals surface area contributed by atoms with Gasteiger partial charge in [0.15, 0.2) is 5.82 Å². The quantitative estimate of drug-likeness (QED) is 0.474. The molecule has 0 radical (unpaired) electrons. The maximum Gasteiger partial charge on any atom is 0.280 e. The summed E-state index contributed by atoms with van der Waals surface area (Å²) in [6, 6.07) is 15.0. The van der Waals surface area contributed by atoms with Gasteiger partial charge in [0.05, 0.1) is 16.6 Å². The van der Waals surface area contributed by atoms with Crippen LogP contribution in [0, 0.1) is 6.92 Å². The van der Waals surface area contributed by atoms with Crippen molar-refractivity contribution in [1.29, 1.82) is 0 Å². The predicted molar refractivity (Wildman–Crippen MR) is 112 cm³/mol. The third kappa shape index (κ3) is 2.92. The number of hydrogen-bond acceptors (Lipinski definition) is 4. The second kappa shape index (κ2) is 6.72. The molecule has 2 N–H and O–H groups in total. The first-order chi connectivity index (χ1) is 14.1. The van der Waals surface area contributed by atoms with Crippen molar-refractivity contribution in [1.82, 2.24) is 29.9 Å². The van der Waals surface area contributed by atoms with Gasteiger partial charge in [-0.15, -0.1) is 0 Å². The number of H-pyrrole nitrogens is 2. The van der Waals surface area contributed by atoms with Crippen LogP contribution in [0.4, 0.5) is 0 Å². The van der Waals surface area contributed by atoms with Crippen LogP contribution < -0.4 is 5.56 Å². The Bertz CT molecular complexity index is 1370. The van der Waals surface area contributed by atoms with Crippen molar-refractivity contribution < 1.29 is 0 Å². The van der Waals surface area contributed by atoms with Crippen molar-refractivity contribution in [3.05, 3.63) is 82.1 Å². The maximum absolute atomic E-state index is 13.0. The zero-order valence-electron chi connectivity index (χ0n) is 15.3. The Morgan fingerprint density at radius 2 is 1.69 bits per heavy atom. The van der Waals surface area contributed by atoms with Crippen LogP contribution in [-0.2, 0) is 0 Å². The zero-order valence-corrected chi connectivity index (χ0v) is 16.1. The first-order valence-electron chi connectivity index (χ1n) is 8.94. The van der Waals surface area contributed by atoms with E-state index < -0.39 is 0 Å². The maximum atomic E-state index is 13.0. The number of aryl methyl sites for hydroxylation is 1. The average Bonchev–Trinajstić information content (AvgIpc) is 3.38. The molecule has 0 unspecified atom stereocenters. The van der Waals surface area contributed by atoms with E-state index in [4.69, 9.17) is 11.6 Å². The Morgan fingerprint density at radius 3 is 2.38 bits per heavy atom. The molecule has 0 saturated carbocycles. The van der Waals surface area contributed by atoms with Crippen molar-refractivity contribution in [2.24, 2.45) is 0 Å². The topological polar surface area (TPSA) is 92.2 Å². The number of rotatable bonds is 3. The highest BCUT2D eigenvalue weighted by Crippen LogP contribution is 2.30. The lowest BCUT2D eigenvalue weighted by atomic mass is 10.0. The van der Waals surface area contributed by atoms with E-state index in [0.29, 0.717) is 21.9 Å². The number of pyridine rings is 1. The van der Waals surface area contributed by atoms with Gasteiger partial charge >= 0.3 is 0 Å². The minimum atomic E-state index is -0.158. The molecule has 0 aliphatic rings. The molecule has 0 amide bonds. The van der Waals surface area contributed by atoms with Gasteiger partial charge in [-0.2, -0.15) is 5.10 Å². The third-order valence-corrected chi connectivity index (χ3v) is 5.12. The van der Waals surface area contributed by atoms with Gasteiger partial charge in [0, 0.05) is 28.0 Å². The van der Waals surface area contributed by atoms with Crippen molar-refractivity contribution in [2.75, 3.05) is 0 Å². The van der Waals surface area contributed by atoms with Crippen molar-refractivity contribution in [3.63, 3.8) is 0 Å². The van der Waals surface area contributed by atoms with E-state index in [0.717, 1.165) is 27.9 Å². The highest BCUT2D eigenvalue weighted by molar-refractivity contribution is 6.30. The summed E-state index contributed by atoms with van der Waals surface area (Å²) in [7, 11) is 0. The van der Waals surface area contributed by atoms with Crippen molar-refractivity contribution >= 4 is 22.5 Å². The summed E-state index contributed by atoms with van der Waals surface area (Å²) in [5.41, 5.74) is 4.88. The van der Waals surface area contributed by atoms with Gasteiger partial charge in [-0.1, -0.05) is 35.9 Å². The molecule has 5 rings (SSSR count). The molecule has 0 fully saturated rings. The lowest BCUT2D eigenvalue weighted by Gasteiger charge is -2.07. The molecule has 2 aromatic carbocycles. The van der Waals surface area contributed by atoms with Crippen LogP contribution in [0.3, 0.4) is 0 Å². The monoisotopic (exact) mass is 402 g/mol. The van der Waals surface area contributed by atoms with Crippen LogP contribution in [0.5, 0.6) is 0 Å². The molecule has 0 aliphatic heterocycles. The third-order valence-electron chi connectivity index (χ3n) is 4.87. The number of benzene rings is 2. The van der Waals surface area contributed by atoms with Crippen molar-refractivity contribution in [2.45, 2.75) is 6.92 Å². The van der Waals surface area contributed by atoms with E-state index in [1.165, 1.54) is 11.0 Å². The van der Waals surface area contributed by atoms with E-state index in [-0.39, 0.29) is 5.56 Å². The number of nitrogens with zero attached hydrogens (tertiary/aromatic N) is 4. The molecule has 8 heteroatoms. The zero-order chi connectivity index (χ0) is 20.0. The number of aromatic nitrogens is 6. The van der Waals surface area contributed by atoms with Gasteiger partial charge in [0.2, 0.25) is 0 Å². The second-order valence-electron chi connectivity index (χ2n) is 6.65. The number of fused-ring (bicyclic) bond motifs is 1. The van der Waals surface area contributed by atoms with Crippen LogP contribution in [0.25, 0.3) is 39.1 Å². The van der Waals surface area contributed by atoms with E-state index in [1.807, 2.05) is 31.2 Å². The molecule has 0 spiro atoms. The molecular formula is C21H15ClN6O. The molecule has 0 aliphatic carbocycles. The fourth-order valence-electron chi connectivity index (χ4n) is 3.43.